The molecule has 0 aromatic heterocycles. The molecule has 0 atom stereocenters. The van der Waals surface area contributed by atoms with Gasteiger partial charge in [-0.05, 0) is 91.7 Å². The Morgan fingerprint density at radius 2 is 0.925 bits per heavy atom. The molecular formula is C30H19I2O6S2-. The lowest BCUT2D eigenvalue weighted by atomic mass is 9.93. The van der Waals surface area contributed by atoms with E-state index in [1.54, 1.807) is 45.2 Å². The highest BCUT2D eigenvalue weighted by molar-refractivity contribution is 14.1. The molecule has 0 amide bonds. The van der Waals surface area contributed by atoms with Gasteiger partial charge in [0.15, 0.2) is 0 Å². The summed E-state index contributed by atoms with van der Waals surface area (Å²) in [7, 11) is -9.25. The van der Waals surface area contributed by atoms with Gasteiger partial charge < -0.3 is 8.74 Å². The molecule has 0 unspecified atom stereocenters. The first kappa shape index (κ1) is 28.7. The van der Waals surface area contributed by atoms with Gasteiger partial charge in [-0.15, -0.1) is 0 Å². The van der Waals surface area contributed by atoms with Crippen LogP contribution < -0.4 is 4.18 Å². The second-order valence-corrected chi connectivity index (χ2v) is 13.8. The fraction of sp³-hybridized carbons (Fsp3) is 0. The Bertz CT molecular complexity index is 1830. The Balaban J connectivity index is 1.78. The molecule has 5 rings (SSSR count). The lowest BCUT2D eigenvalue weighted by Gasteiger charge is -2.19. The summed E-state index contributed by atoms with van der Waals surface area (Å²) < 4.78 is 69.2. The fourth-order valence-electron chi connectivity index (χ4n) is 4.35. The van der Waals surface area contributed by atoms with Crippen LogP contribution in [-0.4, -0.2) is 21.4 Å². The molecule has 6 nitrogen and oxygen atoms in total. The average Bonchev–Trinajstić information content (AvgIpc) is 2.92. The quantitative estimate of drug-likeness (QED) is 0.0959. The van der Waals surface area contributed by atoms with Crippen LogP contribution in [-0.2, 0) is 20.2 Å². The van der Waals surface area contributed by atoms with Crippen molar-refractivity contribution in [2.75, 3.05) is 0 Å². The summed E-state index contributed by atoms with van der Waals surface area (Å²) in [6.45, 7) is 0. The fourth-order valence-corrected chi connectivity index (χ4v) is 9.60. The van der Waals surface area contributed by atoms with Gasteiger partial charge in [0, 0.05) is 18.3 Å². The standard InChI is InChI=1S/C30H20I2O6S2/c31-27-18-24(19-28(32)30(27)39(33,34)35)38-40(36,37)29-25(21-12-6-2-7-13-21)16-23(20-10-4-1-5-11-20)17-26(29)22-14-8-3-9-15-22/h1-19H,(H,33,34,35)/p-1. The van der Waals surface area contributed by atoms with Crippen molar-refractivity contribution in [2.45, 2.75) is 9.79 Å². The van der Waals surface area contributed by atoms with E-state index in [1.165, 1.54) is 12.1 Å². The van der Waals surface area contributed by atoms with E-state index in [2.05, 4.69) is 0 Å². The third-order valence-electron chi connectivity index (χ3n) is 6.04. The van der Waals surface area contributed by atoms with Crippen molar-refractivity contribution < 1.29 is 25.6 Å². The molecule has 202 valence electrons. The highest BCUT2D eigenvalue weighted by Crippen LogP contribution is 2.41. The molecular weight excluding hydrogens is 774 g/mol. The molecule has 0 fully saturated rings. The van der Waals surface area contributed by atoms with Gasteiger partial charge in [0.25, 0.3) is 0 Å². The van der Waals surface area contributed by atoms with E-state index in [0.717, 1.165) is 11.1 Å². The summed E-state index contributed by atoms with van der Waals surface area (Å²) >= 11 is 3.37. The van der Waals surface area contributed by atoms with Crippen LogP contribution >= 0.6 is 45.2 Å². The van der Waals surface area contributed by atoms with Crippen molar-refractivity contribution in [1.29, 1.82) is 0 Å². The van der Waals surface area contributed by atoms with Gasteiger partial charge in [-0.1, -0.05) is 91.0 Å². The van der Waals surface area contributed by atoms with Gasteiger partial charge in [0.1, 0.15) is 20.8 Å². The zero-order chi connectivity index (χ0) is 28.5. The van der Waals surface area contributed by atoms with Gasteiger partial charge in [-0.3, -0.25) is 0 Å². The highest BCUT2D eigenvalue weighted by Gasteiger charge is 2.28. The summed E-state index contributed by atoms with van der Waals surface area (Å²) in [5, 5.41) is 0. The van der Waals surface area contributed by atoms with E-state index in [4.69, 9.17) is 4.18 Å². The first-order valence-corrected chi connectivity index (χ1v) is 16.8. The molecule has 5 aromatic rings. The normalized spacial score (nSPS) is 11.8. The molecule has 0 aliphatic carbocycles. The lowest BCUT2D eigenvalue weighted by molar-refractivity contribution is 0.461. The van der Waals surface area contributed by atoms with E-state index in [1.807, 2.05) is 103 Å². The van der Waals surface area contributed by atoms with E-state index >= 15 is 0 Å². The first-order valence-electron chi connectivity index (χ1n) is 11.8. The van der Waals surface area contributed by atoms with Crippen molar-refractivity contribution in [3.63, 3.8) is 0 Å². The molecule has 0 radical (unpaired) electrons. The highest BCUT2D eigenvalue weighted by atomic mass is 127. The SMILES string of the molecule is O=S(=O)([O-])c1c(I)cc(OS(=O)(=O)c2c(-c3ccccc3)cc(-c3ccccc3)cc2-c2ccccc2)cc1I. The number of hydrogen-bond donors (Lipinski definition) is 0. The monoisotopic (exact) mass is 793 g/mol. The van der Waals surface area contributed by atoms with Crippen LogP contribution in [0.3, 0.4) is 0 Å². The van der Waals surface area contributed by atoms with E-state index in [0.29, 0.717) is 22.3 Å². The maximum atomic E-state index is 14.1. The third-order valence-corrected chi connectivity index (χ3v) is 10.8. The Morgan fingerprint density at radius 3 is 1.32 bits per heavy atom. The molecule has 10 heteroatoms. The van der Waals surface area contributed by atoms with Crippen LogP contribution in [0.5, 0.6) is 5.75 Å². The van der Waals surface area contributed by atoms with Crippen LogP contribution in [0.2, 0.25) is 0 Å². The van der Waals surface area contributed by atoms with Crippen molar-refractivity contribution in [3.05, 3.63) is 122 Å². The molecule has 0 bridgehead atoms. The molecule has 5 aromatic carbocycles. The predicted octanol–water partition coefficient (Wildman–Crippen LogP) is 7.57. The second-order valence-electron chi connectivity index (χ2n) is 8.71. The Labute approximate surface area is 260 Å². The molecule has 0 heterocycles. The van der Waals surface area contributed by atoms with Crippen molar-refractivity contribution >= 4 is 65.4 Å². The van der Waals surface area contributed by atoms with Crippen molar-refractivity contribution in [2.24, 2.45) is 0 Å². The molecule has 0 saturated carbocycles. The topological polar surface area (TPSA) is 101 Å². The van der Waals surface area contributed by atoms with E-state index in [9.17, 15) is 21.4 Å². The first-order chi connectivity index (χ1) is 19.0. The van der Waals surface area contributed by atoms with Gasteiger partial charge in [0.2, 0.25) is 0 Å². The summed E-state index contributed by atoms with van der Waals surface area (Å²) in [6, 6.07) is 34.1. The van der Waals surface area contributed by atoms with Crippen LogP contribution in [0.1, 0.15) is 0 Å². The average molecular weight is 793 g/mol. The zero-order valence-electron chi connectivity index (χ0n) is 20.5. The number of hydrogen-bond acceptors (Lipinski definition) is 6. The Kier molecular flexibility index (Phi) is 8.34. The molecule has 40 heavy (non-hydrogen) atoms. The minimum Gasteiger partial charge on any atom is -0.744 e. The second kappa shape index (κ2) is 11.6. The summed E-state index contributed by atoms with van der Waals surface area (Å²) in [4.78, 5) is -0.448. The van der Waals surface area contributed by atoms with Crippen LogP contribution in [0, 0.1) is 7.14 Å². The van der Waals surface area contributed by atoms with Gasteiger partial charge >= 0.3 is 10.1 Å². The number of halogens is 2. The predicted molar refractivity (Wildman–Crippen MR) is 170 cm³/mol. The van der Waals surface area contributed by atoms with Gasteiger partial charge in [0.05, 0.1) is 4.90 Å². The Morgan fingerprint density at radius 1 is 0.525 bits per heavy atom. The smallest absolute Gasteiger partial charge is 0.340 e. The van der Waals surface area contributed by atoms with Crippen LogP contribution in [0.15, 0.2) is 125 Å². The van der Waals surface area contributed by atoms with Crippen molar-refractivity contribution in [3.8, 4) is 39.1 Å². The lowest BCUT2D eigenvalue weighted by Crippen LogP contribution is -2.14. The summed E-state index contributed by atoms with van der Waals surface area (Å²) in [5.74, 6) is -0.105. The van der Waals surface area contributed by atoms with Gasteiger partial charge in [-0.25, -0.2) is 8.42 Å². The molecule has 0 spiro atoms. The minimum atomic E-state index is -4.76. The largest absolute Gasteiger partial charge is 0.744 e. The van der Waals surface area contributed by atoms with E-state index < -0.39 is 25.1 Å². The summed E-state index contributed by atoms with van der Waals surface area (Å²) in [6.07, 6.45) is 0. The summed E-state index contributed by atoms with van der Waals surface area (Å²) in [5.41, 5.74) is 3.99. The molecule has 0 aliphatic rings. The van der Waals surface area contributed by atoms with Crippen LogP contribution in [0.4, 0.5) is 0 Å². The Hall–Kier alpha value is -2.78. The van der Waals surface area contributed by atoms with Crippen molar-refractivity contribution in [1.82, 2.24) is 0 Å². The van der Waals surface area contributed by atoms with E-state index in [-0.39, 0.29) is 17.8 Å². The third kappa shape index (κ3) is 6.10. The van der Waals surface area contributed by atoms with Gasteiger partial charge in [-0.2, -0.15) is 8.42 Å². The molecule has 0 aliphatic heterocycles. The zero-order valence-corrected chi connectivity index (χ0v) is 26.4. The number of benzene rings is 5. The molecule has 0 saturated heterocycles. The van der Waals surface area contributed by atoms with Crippen LogP contribution in [0.25, 0.3) is 33.4 Å². The maximum absolute atomic E-state index is 14.1. The number of rotatable bonds is 7. The molecule has 0 N–H and O–H groups in total. The maximum Gasteiger partial charge on any atom is 0.340 e. The minimum absolute atomic E-state index is 0.0323.